The Hall–Kier alpha value is -2.99. The van der Waals surface area contributed by atoms with Crippen LogP contribution in [-0.4, -0.2) is 33.7 Å². The summed E-state index contributed by atoms with van der Waals surface area (Å²) in [6, 6.07) is 4.16. The molecule has 1 fully saturated rings. The number of benzene rings is 1. The summed E-state index contributed by atoms with van der Waals surface area (Å²) < 4.78 is 41.0. The second kappa shape index (κ2) is 6.87. The molecule has 3 rings (SSSR count). The normalized spacial score (nSPS) is 24.9. The molecule has 0 spiro atoms. The van der Waals surface area contributed by atoms with E-state index in [9.17, 15) is 38.0 Å². The fourth-order valence-corrected chi connectivity index (χ4v) is 3.70. The highest BCUT2D eigenvalue weighted by Gasteiger charge is 2.66. The first kappa shape index (κ1) is 19.8. The highest BCUT2D eigenvalue weighted by Crippen LogP contribution is 2.44. The van der Waals surface area contributed by atoms with Gasteiger partial charge in [0.05, 0.1) is 15.8 Å². The lowest BCUT2D eigenvalue weighted by Crippen LogP contribution is -2.72. The lowest BCUT2D eigenvalue weighted by Gasteiger charge is -2.44. The Kier molecular flexibility index (Phi) is 4.85. The van der Waals surface area contributed by atoms with Crippen molar-refractivity contribution in [2.24, 2.45) is 5.92 Å². The number of aliphatic hydroxyl groups is 1. The third-order valence-corrected chi connectivity index (χ3v) is 5.20. The lowest BCUT2D eigenvalue weighted by molar-refractivity contribution is -0.384. The first-order valence-electron chi connectivity index (χ1n) is 7.74. The molecule has 3 atom stereocenters. The molecule has 2 amide bonds. The molecule has 1 saturated heterocycles. The second-order valence-corrected chi connectivity index (χ2v) is 6.96. The zero-order chi connectivity index (χ0) is 20.7. The van der Waals surface area contributed by atoms with Crippen LogP contribution in [0.5, 0.6) is 0 Å². The first-order valence-corrected chi connectivity index (χ1v) is 8.62. The lowest BCUT2D eigenvalue weighted by atomic mass is 9.78. The molecule has 0 bridgehead atoms. The molecule has 1 aromatic heterocycles. The number of carbonyl (C=O) groups is 2. The number of nitro benzene ring substituents is 1. The van der Waals surface area contributed by atoms with Crippen molar-refractivity contribution < 1.29 is 32.8 Å². The fourth-order valence-electron chi connectivity index (χ4n) is 2.99. The summed E-state index contributed by atoms with van der Waals surface area (Å²) in [5.74, 6) is -3.20. The van der Waals surface area contributed by atoms with Gasteiger partial charge in [0, 0.05) is 12.1 Å². The largest absolute Gasteiger partial charge is 0.437 e. The number of nitro groups is 1. The molecule has 12 heteroatoms. The summed E-state index contributed by atoms with van der Waals surface area (Å²) in [6.07, 6.45) is -5.36. The summed E-state index contributed by atoms with van der Waals surface area (Å²) in [7, 11) is 0. The molecule has 0 saturated carbocycles. The molecule has 28 heavy (non-hydrogen) atoms. The summed E-state index contributed by atoms with van der Waals surface area (Å²) >= 11 is 0.883. The van der Waals surface area contributed by atoms with Gasteiger partial charge in [-0.1, -0.05) is 18.2 Å². The Morgan fingerprint density at radius 1 is 1.25 bits per heavy atom. The van der Waals surface area contributed by atoms with E-state index in [-0.39, 0.29) is 16.1 Å². The second-order valence-electron chi connectivity index (χ2n) is 6.01. The van der Waals surface area contributed by atoms with Crippen LogP contribution in [0.2, 0.25) is 0 Å². The molecule has 0 aliphatic carbocycles. The van der Waals surface area contributed by atoms with E-state index in [1.165, 1.54) is 22.8 Å². The number of halogens is 3. The Balaban J connectivity index is 2.12. The molecule has 3 N–H and O–H groups in total. The van der Waals surface area contributed by atoms with Crippen LogP contribution >= 0.6 is 11.3 Å². The molecule has 0 radical (unpaired) electrons. The van der Waals surface area contributed by atoms with Crippen LogP contribution in [0.25, 0.3) is 0 Å². The van der Waals surface area contributed by atoms with E-state index in [2.05, 4.69) is 5.32 Å². The number of non-ortho nitro benzene ring substituents is 1. The number of urea groups is 1. The van der Waals surface area contributed by atoms with Gasteiger partial charge in [0.1, 0.15) is 5.92 Å². The SMILES string of the molecule is O=C1N[C@@H](c2ccc([N+](=O)[O-])cc2)[C@H](C(=O)c2cccs2)[C@@](O)(C(F)(F)F)N1. The fraction of sp³-hybridized carbons (Fsp3) is 0.250. The molecule has 8 nitrogen and oxygen atoms in total. The number of alkyl halides is 3. The average Bonchev–Trinajstić information content (AvgIpc) is 3.14. The number of nitrogens with one attached hydrogen (secondary N) is 2. The Bertz CT molecular complexity index is 917. The molecule has 0 unspecified atom stereocenters. The molecule has 1 aliphatic rings. The monoisotopic (exact) mass is 415 g/mol. The van der Waals surface area contributed by atoms with Crippen LogP contribution in [0.4, 0.5) is 23.7 Å². The maximum absolute atomic E-state index is 13.7. The number of ketones is 1. The minimum atomic E-state index is -5.36. The predicted molar refractivity (Wildman–Crippen MR) is 90.6 cm³/mol. The zero-order valence-electron chi connectivity index (χ0n) is 13.8. The summed E-state index contributed by atoms with van der Waals surface area (Å²) in [6.45, 7) is 0. The summed E-state index contributed by atoms with van der Waals surface area (Å²) in [4.78, 5) is 34.7. The number of carbonyl (C=O) groups excluding carboxylic acids is 2. The van der Waals surface area contributed by atoms with Crippen LogP contribution in [0, 0.1) is 16.0 Å². The van der Waals surface area contributed by atoms with Gasteiger partial charge in [-0.15, -0.1) is 11.3 Å². The van der Waals surface area contributed by atoms with Gasteiger partial charge in [-0.2, -0.15) is 13.2 Å². The number of Topliss-reactive ketones (excluding diaryl/α,β-unsaturated/α-hetero) is 1. The summed E-state index contributed by atoms with van der Waals surface area (Å²) in [5.41, 5.74) is -4.16. The molecule has 2 aromatic rings. The van der Waals surface area contributed by atoms with Gasteiger partial charge < -0.3 is 15.7 Å². The molecular weight excluding hydrogens is 403 g/mol. The third-order valence-electron chi connectivity index (χ3n) is 4.32. The Morgan fingerprint density at radius 3 is 2.39 bits per heavy atom. The van der Waals surface area contributed by atoms with Crippen molar-refractivity contribution in [2.75, 3.05) is 0 Å². The Labute approximate surface area is 159 Å². The van der Waals surface area contributed by atoms with Crippen molar-refractivity contribution in [1.82, 2.24) is 10.6 Å². The van der Waals surface area contributed by atoms with Crippen LogP contribution in [0.3, 0.4) is 0 Å². The number of thiophene rings is 1. The van der Waals surface area contributed by atoms with Crippen molar-refractivity contribution in [1.29, 1.82) is 0 Å². The van der Waals surface area contributed by atoms with E-state index in [4.69, 9.17) is 0 Å². The van der Waals surface area contributed by atoms with Crippen LogP contribution < -0.4 is 10.6 Å². The minimum absolute atomic E-state index is 0.00182. The molecule has 148 valence electrons. The minimum Gasteiger partial charge on any atom is -0.363 e. The van der Waals surface area contributed by atoms with Crippen molar-refractivity contribution >= 4 is 28.8 Å². The van der Waals surface area contributed by atoms with E-state index in [0.717, 1.165) is 35.6 Å². The van der Waals surface area contributed by atoms with E-state index < -0.39 is 40.6 Å². The van der Waals surface area contributed by atoms with Crippen molar-refractivity contribution in [3.8, 4) is 0 Å². The van der Waals surface area contributed by atoms with Crippen molar-refractivity contribution in [3.63, 3.8) is 0 Å². The maximum atomic E-state index is 13.7. The van der Waals surface area contributed by atoms with E-state index in [0.29, 0.717) is 0 Å². The van der Waals surface area contributed by atoms with Crippen LogP contribution in [0.15, 0.2) is 41.8 Å². The standard InChI is InChI=1S/C16H12F3N3O5S/c17-16(18,19)15(25)11(13(23)10-2-1-7-28-10)12(20-14(24)21-15)8-3-5-9(6-4-8)22(26)27/h1-7,11-12,25H,(H2,20,21,24)/t11-,12+,15-/m1/s1. The molecule has 1 aromatic carbocycles. The van der Waals surface area contributed by atoms with E-state index in [1.807, 2.05) is 0 Å². The van der Waals surface area contributed by atoms with Gasteiger partial charge in [0.25, 0.3) is 5.69 Å². The highest BCUT2D eigenvalue weighted by molar-refractivity contribution is 7.12. The number of nitrogens with zero attached hydrogens (tertiary/aromatic N) is 1. The van der Waals surface area contributed by atoms with E-state index >= 15 is 0 Å². The Morgan fingerprint density at radius 2 is 1.89 bits per heavy atom. The highest BCUT2D eigenvalue weighted by atomic mass is 32.1. The molecule has 1 aliphatic heterocycles. The number of hydrogen-bond donors (Lipinski definition) is 3. The van der Waals surface area contributed by atoms with Crippen LogP contribution in [0.1, 0.15) is 21.3 Å². The van der Waals surface area contributed by atoms with Gasteiger partial charge in [0.15, 0.2) is 5.78 Å². The van der Waals surface area contributed by atoms with Gasteiger partial charge in [0.2, 0.25) is 5.72 Å². The first-order chi connectivity index (χ1) is 13.0. The quantitative estimate of drug-likeness (QED) is 0.403. The zero-order valence-corrected chi connectivity index (χ0v) is 14.6. The predicted octanol–water partition coefficient (Wildman–Crippen LogP) is 2.76. The van der Waals surface area contributed by atoms with Crippen molar-refractivity contribution in [3.05, 3.63) is 62.3 Å². The van der Waals surface area contributed by atoms with E-state index in [1.54, 1.807) is 0 Å². The topological polar surface area (TPSA) is 122 Å². The van der Waals surface area contributed by atoms with Gasteiger partial charge >= 0.3 is 12.2 Å². The van der Waals surface area contributed by atoms with Gasteiger partial charge in [-0.05, 0) is 17.0 Å². The number of amides is 2. The average molecular weight is 415 g/mol. The van der Waals surface area contributed by atoms with Crippen LogP contribution in [-0.2, 0) is 0 Å². The smallest absolute Gasteiger partial charge is 0.363 e. The number of rotatable bonds is 4. The van der Waals surface area contributed by atoms with Crippen molar-refractivity contribution in [2.45, 2.75) is 17.9 Å². The maximum Gasteiger partial charge on any atom is 0.437 e. The molecular formula is C16H12F3N3O5S. The molecule has 2 heterocycles. The summed E-state index contributed by atoms with van der Waals surface area (Å²) in [5, 5.41) is 26.2. The van der Waals surface area contributed by atoms with Gasteiger partial charge in [-0.25, -0.2) is 4.79 Å². The number of hydrogen-bond acceptors (Lipinski definition) is 6. The van der Waals surface area contributed by atoms with Gasteiger partial charge in [-0.3, -0.25) is 14.9 Å². The third kappa shape index (κ3) is 3.31.